The number of methoxy groups -OCH3 is 2. The first-order valence-electron chi connectivity index (χ1n) is 25.0. The lowest BCUT2D eigenvalue weighted by atomic mass is 9.95. The predicted octanol–water partition coefficient (Wildman–Crippen LogP) is 11.3. The lowest BCUT2D eigenvalue weighted by molar-refractivity contribution is -0.339. The Hall–Kier alpha value is -3.67. The molecule has 5 atom stereocenters. The van der Waals surface area contributed by atoms with Crippen LogP contribution in [-0.4, -0.2) is 81.5 Å². The Morgan fingerprint density at radius 2 is 1.16 bits per heavy atom. The molecule has 0 bridgehead atoms. The number of benzene rings is 2. The molecule has 64 heavy (non-hydrogen) atoms. The van der Waals surface area contributed by atoms with Gasteiger partial charge in [-0.3, -0.25) is 14.4 Å². The van der Waals surface area contributed by atoms with Crippen LogP contribution in [0.25, 0.3) is 0 Å². The number of rotatable bonds is 33. The normalized spacial score (nSPS) is 19.6. The van der Waals surface area contributed by atoms with Gasteiger partial charge in [-0.05, 0) is 101 Å². The third kappa shape index (κ3) is 21.1. The van der Waals surface area contributed by atoms with Crippen molar-refractivity contribution in [3.63, 3.8) is 0 Å². The quantitative estimate of drug-likeness (QED) is 0.0546. The number of carbonyl (C=O) groups is 3. The van der Waals surface area contributed by atoms with Gasteiger partial charge in [0.15, 0.2) is 11.9 Å². The first-order valence-corrected chi connectivity index (χ1v) is 25.0. The van der Waals surface area contributed by atoms with E-state index in [1.54, 1.807) is 14.2 Å². The third-order valence-corrected chi connectivity index (χ3v) is 12.6. The van der Waals surface area contributed by atoms with Crippen molar-refractivity contribution in [2.75, 3.05) is 27.4 Å². The minimum Gasteiger partial charge on any atom is -0.497 e. The minimum atomic E-state index is -0.904. The van der Waals surface area contributed by atoms with Crippen molar-refractivity contribution in [3.8, 4) is 11.5 Å². The van der Waals surface area contributed by atoms with Gasteiger partial charge in [-0.1, -0.05) is 121 Å². The van der Waals surface area contributed by atoms with Crippen molar-refractivity contribution in [2.24, 2.45) is 0 Å². The number of nitrogens with one attached hydrogen (secondary N) is 1. The zero-order valence-corrected chi connectivity index (χ0v) is 40.2. The van der Waals surface area contributed by atoms with Crippen LogP contribution in [0.3, 0.4) is 0 Å². The Morgan fingerprint density at radius 3 is 1.70 bits per heavy atom. The summed E-state index contributed by atoms with van der Waals surface area (Å²) in [5.41, 5.74) is 2.60. The number of amides is 1. The second-order valence-electron chi connectivity index (χ2n) is 18.5. The van der Waals surface area contributed by atoms with E-state index >= 15 is 0 Å². The monoisotopic (exact) mass is 894 g/mol. The molecule has 2 aliphatic heterocycles. The Balaban J connectivity index is 1.24. The van der Waals surface area contributed by atoms with E-state index in [2.05, 4.69) is 36.5 Å². The Labute approximate surface area is 385 Å². The first kappa shape index (κ1) is 52.9. The second kappa shape index (κ2) is 30.5. The largest absolute Gasteiger partial charge is 0.497 e. The molecule has 2 aliphatic rings. The average Bonchev–Trinajstić information content (AvgIpc) is 3.28. The van der Waals surface area contributed by atoms with E-state index in [1.165, 1.54) is 49.7 Å². The Kier molecular flexibility index (Phi) is 25.2. The first-order chi connectivity index (χ1) is 31.1. The van der Waals surface area contributed by atoms with Crippen LogP contribution in [0.5, 0.6) is 11.5 Å². The molecule has 2 saturated heterocycles. The van der Waals surface area contributed by atoms with Gasteiger partial charge in [-0.2, -0.15) is 0 Å². The van der Waals surface area contributed by atoms with Crippen LogP contribution in [0.2, 0.25) is 0 Å². The molecule has 11 nitrogen and oxygen atoms in total. The fraction of sp³-hybridized carbons (Fsp3) is 0.717. The topological polar surface area (TPSA) is 128 Å². The highest BCUT2D eigenvalue weighted by atomic mass is 16.7. The lowest BCUT2D eigenvalue weighted by Crippen LogP contribution is -2.66. The van der Waals surface area contributed by atoms with Crippen LogP contribution in [-0.2, 0) is 50.9 Å². The average molecular weight is 894 g/mol. The van der Waals surface area contributed by atoms with Gasteiger partial charge in [0.25, 0.3) is 0 Å². The molecular formula is C53H83NO10. The van der Waals surface area contributed by atoms with Gasteiger partial charge < -0.3 is 38.5 Å². The minimum absolute atomic E-state index is 0.0350. The van der Waals surface area contributed by atoms with Gasteiger partial charge in [0, 0.05) is 12.8 Å². The van der Waals surface area contributed by atoms with E-state index in [4.69, 9.17) is 33.2 Å². The molecule has 1 N–H and O–H groups in total. The molecule has 0 spiro atoms. The summed E-state index contributed by atoms with van der Waals surface area (Å²) in [6, 6.07) is 15.8. The molecule has 1 unspecified atom stereocenters. The zero-order chi connectivity index (χ0) is 45.8. The maximum atomic E-state index is 13.8. The van der Waals surface area contributed by atoms with Crippen LogP contribution in [0.1, 0.15) is 180 Å². The molecule has 2 fully saturated rings. The van der Waals surface area contributed by atoms with Crippen molar-refractivity contribution >= 4 is 17.8 Å². The van der Waals surface area contributed by atoms with E-state index in [0.717, 1.165) is 108 Å². The summed E-state index contributed by atoms with van der Waals surface area (Å²) in [4.78, 5) is 40.4. The summed E-state index contributed by atoms with van der Waals surface area (Å²) >= 11 is 0. The van der Waals surface area contributed by atoms with Gasteiger partial charge in [-0.25, -0.2) is 0 Å². The highest BCUT2D eigenvalue weighted by Gasteiger charge is 2.50. The number of fused-ring (bicyclic) bond motifs is 1. The molecule has 0 saturated carbocycles. The molecule has 0 radical (unpaired) electrons. The number of carbonyl (C=O) groups excluding carboxylic acids is 3. The van der Waals surface area contributed by atoms with Crippen LogP contribution in [0, 0.1) is 0 Å². The highest BCUT2D eigenvalue weighted by Crippen LogP contribution is 2.32. The standard InChI is InChI=1S/C53H83NO10/c1-6-7-8-9-10-11-12-17-22-27-45(62-49(56)28-23-18-13-15-20-25-41-30-34-43(58-4)35-31-41)38-48(55)54-46-39-60-47-40-61-53(2,3)64-52(47)51(46)63-50(57)29-24-19-14-16-21-26-42-32-36-44(59-5)37-33-42/h30-37,45-47,51-52H,6-29,38-40H2,1-5H3,(H,54,55)/t45?,46-,47+,51+,52+/m0/s1. The van der Waals surface area contributed by atoms with E-state index in [0.29, 0.717) is 19.4 Å². The van der Waals surface area contributed by atoms with Crippen LogP contribution in [0.15, 0.2) is 48.5 Å². The number of aryl methyl sites for hydroxylation is 2. The smallest absolute Gasteiger partial charge is 0.306 e. The summed E-state index contributed by atoms with van der Waals surface area (Å²) in [6.07, 6.45) is 21.5. The molecule has 2 heterocycles. The van der Waals surface area contributed by atoms with Crippen LogP contribution in [0.4, 0.5) is 0 Å². The van der Waals surface area contributed by atoms with Gasteiger partial charge in [-0.15, -0.1) is 0 Å². The van der Waals surface area contributed by atoms with E-state index in [-0.39, 0.29) is 37.3 Å². The summed E-state index contributed by atoms with van der Waals surface area (Å²) in [7, 11) is 3.36. The van der Waals surface area contributed by atoms with E-state index in [9.17, 15) is 14.4 Å². The number of esters is 2. The molecule has 0 aliphatic carbocycles. The van der Waals surface area contributed by atoms with E-state index < -0.39 is 36.2 Å². The molecular weight excluding hydrogens is 811 g/mol. The number of ether oxygens (including phenoxy) is 7. The maximum Gasteiger partial charge on any atom is 0.306 e. The second-order valence-corrected chi connectivity index (χ2v) is 18.5. The van der Waals surface area contributed by atoms with Crippen LogP contribution < -0.4 is 14.8 Å². The molecule has 0 aromatic heterocycles. The predicted molar refractivity (Wildman–Crippen MR) is 252 cm³/mol. The highest BCUT2D eigenvalue weighted by molar-refractivity contribution is 5.78. The van der Waals surface area contributed by atoms with Crippen molar-refractivity contribution in [1.82, 2.24) is 5.32 Å². The number of unbranched alkanes of at least 4 members (excludes halogenated alkanes) is 16. The molecule has 360 valence electrons. The van der Waals surface area contributed by atoms with Crippen molar-refractivity contribution in [3.05, 3.63) is 59.7 Å². The summed E-state index contributed by atoms with van der Waals surface area (Å²) in [5, 5.41) is 3.11. The zero-order valence-electron chi connectivity index (χ0n) is 40.2. The van der Waals surface area contributed by atoms with Crippen molar-refractivity contribution in [2.45, 2.75) is 218 Å². The number of hydrogen-bond donors (Lipinski definition) is 1. The van der Waals surface area contributed by atoms with E-state index in [1.807, 2.05) is 38.1 Å². The lowest BCUT2D eigenvalue weighted by Gasteiger charge is -2.48. The van der Waals surface area contributed by atoms with Gasteiger partial charge in [0.05, 0.1) is 39.9 Å². The maximum absolute atomic E-state index is 13.8. The van der Waals surface area contributed by atoms with Gasteiger partial charge in [0.1, 0.15) is 29.8 Å². The Morgan fingerprint density at radius 1 is 0.656 bits per heavy atom. The molecule has 1 amide bonds. The van der Waals surface area contributed by atoms with Crippen molar-refractivity contribution in [1.29, 1.82) is 0 Å². The summed E-state index contributed by atoms with van der Waals surface area (Å²) in [5.74, 6) is 0.000972. The van der Waals surface area contributed by atoms with Crippen molar-refractivity contribution < 1.29 is 47.5 Å². The number of hydrogen-bond acceptors (Lipinski definition) is 10. The Bertz CT molecular complexity index is 1580. The summed E-state index contributed by atoms with van der Waals surface area (Å²) < 4.78 is 41.0. The van der Waals surface area contributed by atoms with Crippen LogP contribution >= 0.6 is 0 Å². The fourth-order valence-corrected chi connectivity index (χ4v) is 8.72. The third-order valence-electron chi connectivity index (χ3n) is 12.6. The molecule has 11 heteroatoms. The molecule has 2 aromatic carbocycles. The summed E-state index contributed by atoms with van der Waals surface area (Å²) in [6.45, 7) is 6.33. The van der Waals surface area contributed by atoms with Gasteiger partial charge in [0.2, 0.25) is 5.91 Å². The SMILES string of the molecule is CCCCCCCCCCCC(CC(=O)N[C@H]1CO[C@@H]2COC(C)(C)O[C@H]2[C@@H]1OC(=O)CCCCCCCc1ccc(OC)cc1)OC(=O)CCCCCCCc1ccc(OC)cc1. The molecule has 4 rings (SSSR count). The van der Waals surface area contributed by atoms with Gasteiger partial charge >= 0.3 is 11.9 Å². The fourth-order valence-electron chi connectivity index (χ4n) is 8.72. The molecule has 2 aromatic rings.